The summed E-state index contributed by atoms with van der Waals surface area (Å²) in [4.78, 5) is 4.41. The van der Waals surface area contributed by atoms with Crippen molar-refractivity contribution in [3.8, 4) is 11.4 Å². The molecule has 2 N–H and O–H groups in total. The highest BCUT2D eigenvalue weighted by Gasteiger charge is 2.11. The van der Waals surface area contributed by atoms with E-state index in [2.05, 4.69) is 24.0 Å². The molecule has 0 atom stereocenters. The van der Waals surface area contributed by atoms with Gasteiger partial charge in [0.1, 0.15) is 5.75 Å². The molecule has 0 saturated carbocycles. The Morgan fingerprint density at radius 2 is 2.05 bits per heavy atom. The smallest absolute Gasteiger partial charge is 0.205 e. The van der Waals surface area contributed by atoms with Crippen LogP contribution in [-0.2, 0) is 6.42 Å². The average Bonchev–Trinajstić information content (AvgIpc) is 2.82. The Hall–Kier alpha value is -2.49. The second kappa shape index (κ2) is 4.89. The molecule has 0 unspecified atom stereocenters. The van der Waals surface area contributed by atoms with Crippen LogP contribution in [0, 0.1) is 0 Å². The molecule has 2 aromatic carbocycles. The summed E-state index contributed by atoms with van der Waals surface area (Å²) >= 11 is 0. The van der Waals surface area contributed by atoms with Crippen LogP contribution in [0.2, 0.25) is 0 Å². The van der Waals surface area contributed by atoms with Crippen molar-refractivity contribution < 1.29 is 4.74 Å². The van der Waals surface area contributed by atoms with Crippen molar-refractivity contribution in [2.45, 2.75) is 13.3 Å². The van der Waals surface area contributed by atoms with Gasteiger partial charge in [-0.2, -0.15) is 0 Å². The number of hydrogen-bond acceptors (Lipinski definition) is 3. The van der Waals surface area contributed by atoms with Crippen LogP contribution in [0.15, 0.2) is 42.5 Å². The molecule has 3 rings (SSSR count). The molecule has 0 amide bonds. The van der Waals surface area contributed by atoms with Crippen LogP contribution >= 0.6 is 0 Å². The summed E-state index contributed by atoms with van der Waals surface area (Å²) in [7, 11) is 1.66. The standard InChI is InChI=1S/C16H17N3O/c1-3-11-5-4-6-12(9-11)19-15-10-13(20-2)7-8-14(15)18-16(19)17/h4-10H,3H2,1-2H3,(H2,17,18). The van der Waals surface area contributed by atoms with Gasteiger partial charge in [0.05, 0.1) is 18.1 Å². The molecule has 20 heavy (non-hydrogen) atoms. The van der Waals surface area contributed by atoms with Crippen LogP contribution in [0.25, 0.3) is 16.7 Å². The first-order valence-electron chi connectivity index (χ1n) is 6.64. The van der Waals surface area contributed by atoms with Gasteiger partial charge >= 0.3 is 0 Å². The van der Waals surface area contributed by atoms with E-state index in [0.29, 0.717) is 5.95 Å². The maximum absolute atomic E-state index is 6.08. The number of rotatable bonds is 3. The lowest BCUT2D eigenvalue weighted by atomic mass is 10.1. The van der Waals surface area contributed by atoms with E-state index in [9.17, 15) is 0 Å². The van der Waals surface area contributed by atoms with E-state index in [-0.39, 0.29) is 0 Å². The molecule has 1 aromatic heterocycles. The van der Waals surface area contributed by atoms with E-state index in [0.717, 1.165) is 28.9 Å². The van der Waals surface area contributed by atoms with Crippen molar-refractivity contribution in [2.75, 3.05) is 12.8 Å². The minimum Gasteiger partial charge on any atom is -0.497 e. The topological polar surface area (TPSA) is 53.1 Å². The van der Waals surface area contributed by atoms with Crippen molar-refractivity contribution in [1.82, 2.24) is 9.55 Å². The Morgan fingerprint density at radius 3 is 2.80 bits per heavy atom. The molecule has 0 aliphatic rings. The maximum Gasteiger partial charge on any atom is 0.205 e. The van der Waals surface area contributed by atoms with Gasteiger partial charge in [-0.1, -0.05) is 19.1 Å². The minimum absolute atomic E-state index is 0.488. The molecular formula is C16H17N3O. The maximum atomic E-state index is 6.08. The predicted octanol–water partition coefficient (Wildman–Crippen LogP) is 3.18. The summed E-state index contributed by atoms with van der Waals surface area (Å²) in [5.41, 5.74) is 10.2. The predicted molar refractivity (Wildman–Crippen MR) is 81.4 cm³/mol. The zero-order valence-corrected chi connectivity index (χ0v) is 11.6. The SMILES string of the molecule is CCc1cccc(-n2c(N)nc3ccc(OC)cc32)c1. The second-order valence-electron chi connectivity index (χ2n) is 4.68. The number of benzene rings is 2. The molecule has 0 aliphatic heterocycles. The lowest BCUT2D eigenvalue weighted by Gasteiger charge is -2.08. The number of imidazole rings is 1. The molecule has 0 aliphatic carbocycles. The molecule has 0 fully saturated rings. The number of methoxy groups -OCH3 is 1. The fourth-order valence-electron chi connectivity index (χ4n) is 2.39. The Morgan fingerprint density at radius 1 is 1.20 bits per heavy atom. The van der Waals surface area contributed by atoms with Gasteiger partial charge in [0.25, 0.3) is 0 Å². The van der Waals surface area contributed by atoms with Crippen molar-refractivity contribution in [3.63, 3.8) is 0 Å². The largest absolute Gasteiger partial charge is 0.497 e. The molecule has 4 heteroatoms. The van der Waals surface area contributed by atoms with E-state index >= 15 is 0 Å². The van der Waals surface area contributed by atoms with E-state index < -0.39 is 0 Å². The molecule has 4 nitrogen and oxygen atoms in total. The Labute approximate surface area is 117 Å². The number of ether oxygens (including phenoxy) is 1. The fraction of sp³-hybridized carbons (Fsp3) is 0.188. The van der Waals surface area contributed by atoms with Crippen LogP contribution in [-0.4, -0.2) is 16.7 Å². The number of hydrogen-bond donors (Lipinski definition) is 1. The summed E-state index contributed by atoms with van der Waals surface area (Å²) in [6.45, 7) is 2.14. The first-order valence-corrected chi connectivity index (χ1v) is 6.64. The minimum atomic E-state index is 0.488. The van der Waals surface area contributed by atoms with Gasteiger partial charge in [-0.3, -0.25) is 4.57 Å². The van der Waals surface area contributed by atoms with Crippen LogP contribution in [0.3, 0.4) is 0 Å². The third-order valence-electron chi connectivity index (χ3n) is 3.46. The zero-order valence-electron chi connectivity index (χ0n) is 11.6. The molecule has 102 valence electrons. The zero-order chi connectivity index (χ0) is 14.1. The average molecular weight is 267 g/mol. The highest BCUT2D eigenvalue weighted by molar-refractivity contribution is 5.82. The summed E-state index contributed by atoms with van der Waals surface area (Å²) in [5, 5.41) is 0. The van der Waals surface area contributed by atoms with Gasteiger partial charge in [-0.05, 0) is 36.2 Å². The molecule has 0 saturated heterocycles. The highest BCUT2D eigenvalue weighted by atomic mass is 16.5. The normalized spacial score (nSPS) is 10.9. The van der Waals surface area contributed by atoms with Crippen molar-refractivity contribution in [2.24, 2.45) is 0 Å². The van der Waals surface area contributed by atoms with Gasteiger partial charge in [0.2, 0.25) is 5.95 Å². The van der Waals surface area contributed by atoms with Crippen molar-refractivity contribution in [1.29, 1.82) is 0 Å². The van der Waals surface area contributed by atoms with E-state index in [1.54, 1.807) is 7.11 Å². The van der Waals surface area contributed by atoms with Gasteiger partial charge in [-0.15, -0.1) is 0 Å². The summed E-state index contributed by atoms with van der Waals surface area (Å²) in [6.07, 6.45) is 0.990. The van der Waals surface area contributed by atoms with Crippen molar-refractivity contribution >= 4 is 17.0 Å². The first kappa shape index (κ1) is 12.5. The van der Waals surface area contributed by atoms with E-state index in [1.807, 2.05) is 34.9 Å². The molecular weight excluding hydrogens is 250 g/mol. The highest BCUT2D eigenvalue weighted by Crippen LogP contribution is 2.26. The number of nitrogens with zero attached hydrogens (tertiary/aromatic N) is 2. The number of nitrogens with two attached hydrogens (primary N) is 1. The second-order valence-corrected chi connectivity index (χ2v) is 4.68. The van der Waals surface area contributed by atoms with Gasteiger partial charge < -0.3 is 10.5 Å². The number of aryl methyl sites for hydroxylation is 1. The van der Waals surface area contributed by atoms with Gasteiger partial charge in [0, 0.05) is 11.8 Å². The Balaban J connectivity index is 2.25. The summed E-state index contributed by atoms with van der Waals surface area (Å²) in [5.74, 6) is 1.28. The third-order valence-corrected chi connectivity index (χ3v) is 3.46. The monoisotopic (exact) mass is 267 g/mol. The summed E-state index contributed by atoms with van der Waals surface area (Å²) < 4.78 is 7.24. The van der Waals surface area contributed by atoms with Gasteiger partial charge in [0.15, 0.2) is 0 Å². The lowest BCUT2D eigenvalue weighted by Crippen LogP contribution is -2.01. The number of aromatic nitrogens is 2. The van der Waals surface area contributed by atoms with Crippen LogP contribution < -0.4 is 10.5 Å². The van der Waals surface area contributed by atoms with Gasteiger partial charge in [-0.25, -0.2) is 4.98 Å². The third kappa shape index (κ3) is 1.99. The van der Waals surface area contributed by atoms with Crippen LogP contribution in [0.1, 0.15) is 12.5 Å². The molecule has 0 radical (unpaired) electrons. The fourth-order valence-corrected chi connectivity index (χ4v) is 2.39. The lowest BCUT2D eigenvalue weighted by molar-refractivity contribution is 0.415. The van der Waals surface area contributed by atoms with Crippen molar-refractivity contribution in [3.05, 3.63) is 48.0 Å². The quantitative estimate of drug-likeness (QED) is 0.793. The van der Waals surface area contributed by atoms with Crippen LogP contribution in [0.5, 0.6) is 5.75 Å². The molecule has 1 heterocycles. The first-order chi connectivity index (χ1) is 9.72. The molecule has 0 spiro atoms. The molecule has 3 aromatic rings. The molecule has 0 bridgehead atoms. The Bertz CT molecular complexity index is 762. The summed E-state index contributed by atoms with van der Waals surface area (Å²) in [6, 6.07) is 14.1. The number of fused-ring (bicyclic) bond motifs is 1. The van der Waals surface area contributed by atoms with Crippen LogP contribution in [0.4, 0.5) is 5.95 Å². The van der Waals surface area contributed by atoms with E-state index in [1.165, 1.54) is 5.56 Å². The number of anilines is 1. The Kier molecular flexibility index (Phi) is 3.06. The van der Waals surface area contributed by atoms with E-state index in [4.69, 9.17) is 10.5 Å². The number of nitrogen functional groups attached to an aromatic ring is 1.